The van der Waals surface area contributed by atoms with Crippen LogP contribution in [0.4, 0.5) is 0 Å². The van der Waals surface area contributed by atoms with Crippen molar-refractivity contribution >= 4 is 16.8 Å². The van der Waals surface area contributed by atoms with E-state index in [1.807, 2.05) is 39.0 Å². The van der Waals surface area contributed by atoms with Gasteiger partial charge in [-0.3, -0.25) is 9.20 Å². The molecule has 1 aromatic carbocycles. The van der Waals surface area contributed by atoms with Gasteiger partial charge in [-0.1, -0.05) is 18.2 Å². The van der Waals surface area contributed by atoms with Crippen LogP contribution in [-0.2, 0) is 10.8 Å². The van der Waals surface area contributed by atoms with E-state index in [1.165, 1.54) is 0 Å². The van der Waals surface area contributed by atoms with Gasteiger partial charge in [0, 0.05) is 46.9 Å². The molecule has 0 aromatic heterocycles. The molecule has 5 nitrogen and oxygen atoms in total. The van der Waals surface area contributed by atoms with Crippen LogP contribution in [0.5, 0.6) is 5.75 Å². The number of nitrogens with zero attached hydrogens (tertiary/aromatic N) is 1. The molecule has 2 rings (SSSR count). The van der Waals surface area contributed by atoms with Crippen LogP contribution < -0.4 is 15.4 Å². The summed E-state index contributed by atoms with van der Waals surface area (Å²) in [5.41, 5.74) is 0.904. The number of ether oxygens (including phenoxy) is 1. The maximum absolute atomic E-state index is 12.2. The highest BCUT2D eigenvalue weighted by molar-refractivity contribution is 7.86. The topological polar surface area (TPSA) is 62.7 Å². The molecule has 6 heteroatoms. The summed E-state index contributed by atoms with van der Waals surface area (Å²) in [6.07, 6.45) is 0.846. The zero-order valence-corrected chi connectivity index (χ0v) is 17.0. The van der Waals surface area contributed by atoms with Crippen LogP contribution in [0, 0.1) is 0 Å². The Morgan fingerprint density at radius 2 is 2.04 bits per heavy atom. The first-order valence-electron chi connectivity index (χ1n) is 8.76. The van der Waals surface area contributed by atoms with Gasteiger partial charge in [0.05, 0.1) is 6.04 Å². The normalized spacial score (nSPS) is 21.0. The van der Waals surface area contributed by atoms with Gasteiger partial charge in [0.2, 0.25) is 0 Å². The third-order valence-corrected chi connectivity index (χ3v) is 6.11. The first kappa shape index (κ1) is 19.8. The monoisotopic (exact) mass is 365 g/mol. The molecule has 2 atom stereocenters. The summed E-state index contributed by atoms with van der Waals surface area (Å²) in [5, 5.41) is 6.77. The fraction of sp³-hybridized carbons (Fsp3) is 0.632. The second-order valence-electron chi connectivity index (χ2n) is 7.96. The van der Waals surface area contributed by atoms with Crippen molar-refractivity contribution in [1.82, 2.24) is 10.6 Å². The van der Waals surface area contributed by atoms with Gasteiger partial charge >= 0.3 is 0 Å². The smallest absolute Gasteiger partial charge is 0.191 e. The highest BCUT2D eigenvalue weighted by atomic mass is 32.2. The molecule has 0 fully saturated rings. The molecule has 0 aliphatic carbocycles. The van der Waals surface area contributed by atoms with Gasteiger partial charge in [0.15, 0.2) is 5.96 Å². The minimum atomic E-state index is -0.876. The Bertz CT molecular complexity index is 650. The van der Waals surface area contributed by atoms with Crippen molar-refractivity contribution in [1.29, 1.82) is 0 Å². The van der Waals surface area contributed by atoms with Gasteiger partial charge in [0.25, 0.3) is 0 Å². The average Bonchev–Trinajstić information content (AvgIpc) is 2.51. The van der Waals surface area contributed by atoms with Crippen LogP contribution in [0.1, 0.15) is 52.6 Å². The van der Waals surface area contributed by atoms with E-state index in [9.17, 15) is 4.21 Å². The molecule has 140 valence electrons. The van der Waals surface area contributed by atoms with E-state index < -0.39 is 10.8 Å². The number of rotatable bonds is 4. The molecule has 0 saturated heterocycles. The standard InChI is InChI=1S/C19H31N3O2S/c1-18(2,3)25(23)12-11-21-17(20-6)22-15-13-19(4,5)24-16-10-8-7-9-14(15)16/h7-10,15H,11-13H2,1-6H3,(H2,20,21,22). The summed E-state index contributed by atoms with van der Waals surface area (Å²) in [6.45, 7) is 10.8. The predicted molar refractivity (Wildman–Crippen MR) is 106 cm³/mol. The van der Waals surface area contributed by atoms with Crippen molar-refractivity contribution < 1.29 is 8.95 Å². The van der Waals surface area contributed by atoms with Crippen molar-refractivity contribution in [2.45, 2.75) is 57.4 Å². The maximum Gasteiger partial charge on any atom is 0.191 e. The Labute approximate surface area is 154 Å². The van der Waals surface area contributed by atoms with Crippen molar-refractivity contribution in [2.75, 3.05) is 19.3 Å². The molecule has 25 heavy (non-hydrogen) atoms. The largest absolute Gasteiger partial charge is 0.487 e. The zero-order chi connectivity index (χ0) is 18.7. The number of guanidine groups is 1. The first-order chi connectivity index (χ1) is 11.6. The number of hydrogen-bond donors (Lipinski definition) is 2. The van der Waals surface area contributed by atoms with Gasteiger partial charge in [-0.2, -0.15) is 0 Å². The minimum absolute atomic E-state index is 0.124. The summed E-state index contributed by atoms with van der Waals surface area (Å²) < 4.78 is 18.0. The van der Waals surface area contributed by atoms with E-state index >= 15 is 0 Å². The molecule has 0 spiro atoms. The second kappa shape index (κ2) is 7.77. The van der Waals surface area contributed by atoms with Gasteiger partial charge in [0.1, 0.15) is 11.4 Å². The maximum atomic E-state index is 12.2. The molecule has 2 unspecified atom stereocenters. The summed E-state index contributed by atoms with van der Waals surface area (Å²) in [6, 6.07) is 8.24. The molecule has 0 amide bonds. The van der Waals surface area contributed by atoms with Gasteiger partial charge in [-0.25, -0.2) is 0 Å². The summed E-state index contributed by atoms with van der Waals surface area (Å²) in [4.78, 5) is 4.32. The number of para-hydroxylation sites is 1. The lowest BCUT2D eigenvalue weighted by Crippen LogP contribution is -2.46. The lowest BCUT2D eigenvalue weighted by Gasteiger charge is -2.38. The van der Waals surface area contributed by atoms with Gasteiger partial charge in [-0.05, 0) is 40.7 Å². The van der Waals surface area contributed by atoms with Crippen molar-refractivity contribution in [3.8, 4) is 5.75 Å². The first-order valence-corrected chi connectivity index (χ1v) is 10.1. The second-order valence-corrected chi connectivity index (χ2v) is 10.3. The Morgan fingerprint density at radius 3 is 2.68 bits per heavy atom. The van der Waals surface area contributed by atoms with E-state index in [2.05, 4.69) is 35.5 Å². The molecule has 0 radical (unpaired) electrons. The number of benzene rings is 1. The van der Waals surface area contributed by atoms with E-state index in [0.29, 0.717) is 12.3 Å². The quantitative estimate of drug-likeness (QED) is 0.636. The summed E-state index contributed by atoms with van der Waals surface area (Å²) in [7, 11) is 0.880. The van der Waals surface area contributed by atoms with Crippen LogP contribution in [0.3, 0.4) is 0 Å². The zero-order valence-electron chi connectivity index (χ0n) is 16.2. The number of hydrogen-bond acceptors (Lipinski definition) is 3. The summed E-state index contributed by atoms with van der Waals surface area (Å²) in [5.74, 6) is 2.24. The van der Waals surface area contributed by atoms with Crippen LogP contribution >= 0.6 is 0 Å². The van der Waals surface area contributed by atoms with E-state index in [4.69, 9.17) is 4.74 Å². The Kier molecular flexibility index (Phi) is 6.14. The SMILES string of the molecule is CN=C(NCCS(=O)C(C)(C)C)NC1CC(C)(C)Oc2ccccc21. The molecule has 1 aliphatic heterocycles. The number of aliphatic imine (C=N–C) groups is 1. The fourth-order valence-electron chi connectivity index (χ4n) is 2.86. The Morgan fingerprint density at radius 1 is 1.36 bits per heavy atom. The van der Waals surface area contributed by atoms with Gasteiger partial charge in [-0.15, -0.1) is 0 Å². The Hall–Kier alpha value is -1.56. The predicted octanol–water partition coefficient (Wildman–Crippen LogP) is 3.00. The lowest BCUT2D eigenvalue weighted by molar-refractivity contribution is 0.0694. The van der Waals surface area contributed by atoms with E-state index in [-0.39, 0.29) is 16.4 Å². The molecule has 1 heterocycles. The minimum Gasteiger partial charge on any atom is -0.487 e. The molecular weight excluding hydrogens is 334 g/mol. The van der Waals surface area contributed by atoms with Crippen LogP contribution in [0.15, 0.2) is 29.3 Å². The summed E-state index contributed by atoms with van der Waals surface area (Å²) >= 11 is 0. The third-order valence-electron chi connectivity index (χ3n) is 4.17. The highest BCUT2D eigenvalue weighted by Crippen LogP contribution is 2.39. The van der Waals surface area contributed by atoms with Crippen molar-refractivity contribution in [2.24, 2.45) is 4.99 Å². The molecular formula is C19H31N3O2S. The average molecular weight is 366 g/mol. The van der Waals surface area contributed by atoms with Crippen LogP contribution in [0.2, 0.25) is 0 Å². The van der Waals surface area contributed by atoms with Crippen LogP contribution in [0.25, 0.3) is 0 Å². The molecule has 2 N–H and O–H groups in total. The number of nitrogens with one attached hydrogen (secondary N) is 2. The van der Waals surface area contributed by atoms with Crippen molar-refractivity contribution in [3.63, 3.8) is 0 Å². The fourth-order valence-corrected chi connectivity index (χ4v) is 3.76. The highest BCUT2D eigenvalue weighted by Gasteiger charge is 2.34. The van der Waals surface area contributed by atoms with Crippen molar-refractivity contribution in [3.05, 3.63) is 29.8 Å². The van der Waals surface area contributed by atoms with E-state index in [1.54, 1.807) is 7.05 Å². The van der Waals surface area contributed by atoms with Crippen LogP contribution in [-0.4, -0.2) is 39.9 Å². The molecule has 0 saturated carbocycles. The van der Waals surface area contributed by atoms with E-state index in [0.717, 1.165) is 23.7 Å². The molecule has 1 aliphatic rings. The molecule has 0 bridgehead atoms. The Balaban J connectivity index is 2.01. The van der Waals surface area contributed by atoms with Gasteiger partial charge < -0.3 is 15.4 Å². The third kappa shape index (κ3) is 5.46. The molecule has 1 aromatic rings. The lowest BCUT2D eigenvalue weighted by atomic mass is 9.90. The number of fused-ring (bicyclic) bond motifs is 1.